The van der Waals surface area contributed by atoms with E-state index in [9.17, 15) is 14.4 Å². The SMILES string of the molecule is CCN1C=C(C(=O)S)[N+](C)(C(=O)S)C1C(=O)S. The number of hydrogen-bond donors (Lipinski definition) is 3. The van der Waals surface area contributed by atoms with E-state index >= 15 is 0 Å². The van der Waals surface area contributed by atoms with Crippen LogP contribution in [-0.4, -0.2) is 44.6 Å². The van der Waals surface area contributed by atoms with Gasteiger partial charge in [0.25, 0.3) is 10.2 Å². The van der Waals surface area contributed by atoms with Crippen molar-refractivity contribution in [3.05, 3.63) is 11.9 Å². The van der Waals surface area contributed by atoms with Crippen molar-refractivity contribution in [2.45, 2.75) is 13.1 Å². The molecule has 1 aliphatic rings. The first kappa shape index (κ1) is 14.6. The summed E-state index contributed by atoms with van der Waals surface area (Å²) in [4.78, 5) is 36.2. The maximum absolute atomic E-state index is 11.7. The van der Waals surface area contributed by atoms with E-state index in [0.717, 1.165) is 0 Å². The predicted octanol–water partition coefficient (Wildman–Crippen LogP) is 0.899. The Kier molecular flexibility index (Phi) is 4.34. The Bertz CT molecular complexity index is 424. The number of amides is 1. The highest BCUT2D eigenvalue weighted by Gasteiger charge is 2.54. The average Bonchev–Trinajstić information content (AvgIpc) is 2.52. The summed E-state index contributed by atoms with van der Waals surface area (Å²) >= 11 is 11.2. The van der Waals surface area contributed by atoms with Gasteiger partial charge in [0, 0.05) is 6.54 Å². The average molecular weight is 293 g/mol. The Labute approximate surface area is 116 Å². The third-order valence-corrected chi connectivity index (χ3v) is 3.67. The topological polar surface area (TPSA) is 54.5 Å². The summed E-state index contributed by atoms with van der Waals surface area (Å²) in [6.07, 6.45) is 0.585. The first-order valence-corrected chi connectivity index (χ1v) is 6.14. The van der Waals surface area contributed by atoms with E-state index in [1.165, 1.54) is 13.2 Å². The molecule has 0 saturated carbocycles. The van der Waals surface area contributed by atoms with Gasteiger partial charge in [-0.1, -0.05) is 25.3 Å². The Hall–Kier alpha value is -0.440. The monoisotopic (exact) mass is 293 g/mol. The second-order valence-corrected chi connectivity index (χ2v) is 4.95. The van der Waals surface area contributed by atoms with Gasteiger partial charge in [-0.2, -0.15) is 4.48 Å². The molecule has 1 rings (SSSR count). The summed E-state index contributed by atoms with van der Waals surface area (Å²) in [6, 6.07) is 0. The number of thiol groups is 3. The molecule has 1 amide bonds. The van der Waals surface area contributed by atoms with Gasteiger partial charge in [-0.3, -0.25) is 9.59 Å². The zero-order valence-electron chi connectivity index (χ0n) is 9.32. The molecule has 17 heavy (non-hydrogen) atoms. The Balaban J connectivity index is 3.37. The van der Waals surface area contributed by atoms with E-state index in [-0.39, 0.29) is 5.70 Å². The van der Waals surface area contributed by atoms with E-state index < -0.39 is 26.1 Å². The molecule has 0 saturated heterocycles. The molecular weight excluding hydrogens is 280 g/mol. The fourth-order valence-corrected chi connectivity index (χ4v) is 2.73. The molecule has 1 heterocycles. The Morgan fingerprint density at radius 3 is 2.18 bits per heavy atom. The lowest BCUT2D eigenvalue weighted by Crippen LogP contribution is -2.58. The van der Waals surface area contributed by atoms with Crippen LogP contribution in [0.5, 0.6) is 0 Å². The van der Waals surface area contributed by atoms with Crippen LogP contribution in [0.4, 0.5) is 4.79 Å². The molecule has 0 aromatic rings. The number of nitrogens with zero attached hydrogens (tertiary/aromatic N) is 2. The van der Waals surface area contributed by atoms with E-state index in [4.69, 9.17) is 0 Å². The number of carbonyl (C=O) groups is 3. The predicted molar refractivity (Wildman–Crippen MR) is 72.8 cm³/mol. The number of quaternary nitrogens is 1. The lowest BCUT2D eigenvalue weighted by Gasteiger charge is -2.33. The summed E-state index contributed by atoms with van der Waals surface area (Å²) in [5, 5.41) is -1.68. The quantitative estimate of drug-likeness (QED) is 0.534. The molecule has 0 N–H and O–H groups in total. The highest BCUT2D eigenvalue weighted by atomic mass is 32.1. The summed E-state index contributed by atoms with van der Waals surface area (Å²) < 4.78 is -0.540. The van der Waals surface area contributed by atoms with Gasteiger partial charge in [0.05, 0.1) is 13.2 Å². The van der Waals surface area contributed by atoms with Gasteiger partial charge in [-0.25, -0.2) is 4.79 Å². The lowest BCUT2D eigenvalue weighted by atomic mass is 10.3. The van der Waals surface area contributed by atoms with Crippen LogP contribution in [0.2, 0.25) is 0 Å². The van der Waals surface area contributed by atoms with Crippen molar-refractivity contribution < 1.29 is 18.9 Å². The van der Waals surface area contributed by atoms with Crippen molar-refractivity contribution >= 4 is 53.4 Å². The van der Waals surface area contributed by atoms with E-state index in [1.54, 1.807) is 11.8 Å². The van der Waals surface area contributed by atoms with Crippen molar-refractivity contribution in [1.29, 1.82) is 0 Å². The lowest BCUT2D eigenvalue weighted by molar-refractivity contribution is -0.798. The van der Waals surface area contributed by atoms with Crippen molar-refractivity contribution in [3.8, 4) is 0 Å². The molecule has 2 atom stereocenters. The van der Waals surface area contributed by atoms with E-state index in [2.05, 4.69) is 37.9 Å². The fourth-order valence-electron chi connectivity index (χ4n) is 1.86. The Morgan fingerprint density at radius 2 is 1.88 bits per heavy atom. The van der Waals surface area contributed by atoms with Gasteiger partial charge in [0.1, 0.15) is 0 Å². The van der Waals surface area contributed by atoms with Crippen LogP contribution in [0.15, 0.2) is 11.9 Å². The normalized spacial score (nSPS) is 27.9. The van der Waals surface area contributed by atoms with Gasteiger partial charge >= 0.3 is 5.24 Å². The largest absolute Gasteiger partial charge is 0.379 e. The van der Waals surface area contributed by atoms with Crippen LogP contribution in [0, 0.1) is 0 Å². The standard InChI is InChI=1S/C9H12N2O3S3/c1-3-10-4-5(7(12)15)11(2,9(14)17)6(10)8(13)16/h4,6H,3H2,1-2H3,(H2-,12,13,14,15,16,17)/p+1. The molecule has 0 aromatic heterocycles. The first-order valence-electron chi connectivity index (χ1n) is 4.80. The fraction of sp³-hybridized carbons (Fsp3) is 0.444. The van der Waals surface area contributed by atoms with Crippen LogP contribution >= 0.6 is 37.9 Å². The minimum Gasteiger partial charge on any atom is -0.316 e. The third-order valence-electron chi connectivity index (χ3n) is 2.79. The van der Waals surface area contributed by atoms with Crippen molar-refractivity contribution in [1.82, 2.24) is 4.90 Å². The van der Waals surface area contributed by atoms with Crippen molar-refractivity contribution in [2.75, 3.05) is 13.6 Å². The molecule has 0 aromatic carbocycles. The summed E-state index contributed by atoms with van der Waals surface area (Å²) in [5.74, 6) is 0. The highest BCUT2D eigenvalue weighted by molar-refractivity contribution is 7.97. The second-order valence-electron chi connectivity index (χ2n) is 3.72. The molecule has 1 aliphatic heterocycles. The molecule has 0 spiro atoms. The molecule has 0 aliphatic carbocycles. The van der Waals surface area contributed by atoms with Gasteiger partial charge in [0.2, 0.25) is 11.9 Å². The van der Waals surface area contributed by atoms with Crippen LogP contribution < -0.4 is 0 Å². The van der Waals surface area contributed by atoms with E-state index in [0.29, 0.717) is 6.54 Å². The summed E-state index contributed by atoms with van der Waals surface area (Å²) in [5.41, 5.74) is 0.114. The van der Waals surface area contributed by atoms with Gasteiger partial charge in [0.15, 0.2) is 0 Å². The maximum atomic E-state index is 11.7. The molecule has 8 heteroatoms. The summed E-state index contributed by atoms with van der Waals surface area (Å²) in [6.45, 7) is 2.27. The van der Waals surface area contributed by atoms with Crippen LogP contribution in [0.3, 0.4) is 0 Å². The zero-order chi connectivity index (χ0) is 13.4. The highest BCUT2D eigenvalue weighted by Crippen LogP contribution is 2.34. The molecule has 5 nitrogen and oxygen atoms in total. The minimum atomic E-state index is -0.876. The smallest absolute Gasteiger partial charge is 0.316 e. The maximum Gasteiger partial charge on any atom is 0.379 e. The minimum absolute atomic E-state index is 0.114. The van der Waals surface area contributed by atoms with Crippen LogP contribution in [0.1, 0.15) is 6.92 Å². The second kappa shape index (κ2) is 5.05. The molecule has 94 valence electrons. The molecule has 0 fully saturated rings. The molecule has 0 bridgehead atoms. The zero-order valence-corrected chi connectivity index (χ0v) is 12.0. The first-order chi connectivity index (χ1) is 7.76. The molecule has 2 unspecified atom stereocenters. The van der Waals surface area contributed by atoms with E-state index in [1.807, 2.05) is 0 Å². The number of rotatable bonds is 3. The number of hydrogen-bond acceptors (Lipinski definition) is 4. The van der Waals surface area contributed by atoms with Crippen LogP contribution in [-0.2, 0) is 9.59 Å². The van der Waals surface area contributed by atoms with Crippen molar-refractivity contribution in [2.24, 2.45) is 0 Å². The third kappa shape index (κ3) is 2.26. The van der Waals surface area contributed by atoms with Gasteiger partial charge in [-0.05, 0) is 19.6 Å². The number of likely N-dealkylation sites (N-methyl/N-ethyl adjacent to an activating group) is 2. The Morgan fingerprint density at radius 1 is 1.35 bits per heavy atom. The van der Waals surface area contributed by atoms with Gasteiger partial charge in [-0.15, -0.1) is 0 Å². The molecular formula is C9H13N2O3S3+. The number of carbonyl (C=O) groups excluding carboxylic acids is 3. The summed E-state index contributed by atoms with van der Waals surface area (Å²) in [7, 11) is 1.45. The van der Waals surface area contributed by atoms with Crippen molar-refractivity contribution in [3.63, 3.8) is 0 Å². The van der Waals surface area contributed by atoms with Gasteiger partial charge < -0.3 is 4.90 Å². The molecule has 0 radical (unpaired) electrons. The van der Waals surface area contributed by atoms with Crippen LogP contribution in [0.25, 0.3) is 0 Å².